The molecule has 430 valence electrons. The quantitative estimate of drug-likeness (QED) is 0.115. The average molecular weight is 1090 g/mol. The van der Waals surface area contributed by atoms with Gasteiger partial charge in [-0.15, -0.1) is 0 Å². The number of benzene rings is 4. The summed E-state index contributed by atoms with van der Waals surface area (Å²) in [5.41, 5.74) is 12.0. The smallest absolute Gasteiger partial charge is 0.0653 e. The molecular formula is C68H92N12O. The molecule has 13 nitrogen and oxygen atoms in total. The van der Waals surface area contributed by atoms with Crippen LogP contribution in [0.1, 0.15) is 139 Å². The molecule has 0 aromatic heterocycles. The van der Waals surface area contributed by atoms with Gasteiger partial charge in [0.25, 0.3) is 0 Å². The molecule has 13 aliphatic rings. The topological polar surface area (TPSA) is 165 Å². The van der Waals surface area contributed by atoms with Gasteiger partial charge in [-0.1, -0.05) is 129 Å². The molecule has 0 amide bonds. The first-order chi connectivity index (χ1) is 40.1. The molecule has 81 heavy (non-hydrogen) atoms. The minimum atomic E-state index is -0.368. The maximum absolute atomic E-state index is 12.6. The Labute approximate surface area is 481 Å². The van der Waals surface area contributed by atoms with Gasteiger partial charge in [0.1, 0.15) is 0 Å². The minimum absolute atomic E-state index is 0.00514. The van der Waals surface area contributed by atoms with Crippen LogP contribution in [-0.2, 0) is 25.7 Å². The Kier molecular flexibility index (Phi) is 13.7. The second-order valence-electron chi connectivity index (χ2n) is 28.1. The van der Waals surface area contributed by atoms with Gasteiger partial charge in [0, 0.05) is 30.1 Å². The maximum atomic E-state index is 12.6. The summed E-state index contributed by atoms with van der Waals surface area (Å²) in [6.07, 6.45) is 18.1. The van der Waals surface area contributed by atoms with Crippen LogP contribution in [0.2, 0.25) is 0 Å². The van der Waals surface area contributed by atoms with Gasteiger partial charge >= 0.3 is 0 Å². The summed E-state index contributed by atoms with van der Waals surface area (Å²) in [4.78, 5) is 0. The molecule has 9 aliphatic heterocycles. The molecule has 9 fully saturated rings. The highest BCUT2D eigenvalue weighted by Gasteiger charge is 2.67. The Bertz CT molecular complexity index is 2920. The molecule has 4 aliphatic carbocycles. The first kappa shape index (κ1) is 51.8. The van der Waals surface area contributed by atoms with Crippen molar-refractivity contribution in [1.29, 1.82) is 0 Å². The van der Waals surface area contributed by atoms with E-state index in [1.165, 1.54) is 95.9 Å². The van der Waals surface area contributed by atoms with E-state index < -0.39 is 0 Å². The molecular weight excluding hydrogens is 1000 g/mol. The standard InChI is InChI=1S/C68H92N12O/c81-49-27-13-26-48-50(49)66-78-65(48)76-63-45-23-10-9-22-44(45)61(74-63)73-62-46-24-11-12-25-47(46)64(75-62)77-67-55-53(59-42-20-7-3-16-38(42)30-34-71-59)51(57-40-18-5-1-14-36(40)28-32-69-57)52(58-41-19-6-2-15-37(41)29-33-70-58)54(56(55)68(79-66)80-67)60-43-21-8-4-17-39(43)31-35-72-60/h1-8,14-21,44-81H,9-13,22-35H2. The molecule has 4 saturated carbocycles. The van der Waals surface area contributed by atoms with E-state index in [0.717, 1.165) is 71.1 Å². The number of nitrogens with one attached hydrogen (secondary N) is 12. The molecule has 25 atom stereocenters. The highest BCUT2D eigenvalue weighted by atomic mass is 16.3. The van der Waals surface area contributed by atoms with Crippen LogP contribution in [0.4, 0.5) is 0 Å². The summed E-state index contributed by atoms with van der Waals surface area (Å²) in [6.45, 7) is 3.89. The predicted molar refractivity (Wildman–Crippen MR) is 318 cm³/mol. The van der Waals surface area contributed by atoms with E-state index in [9.17, 15) is 5.11 Å². The number of aliphatic hydroxyl groups excluding tert-OH is 1. The summed E-state index contributed by atoms with van der Waals surface area (Å²) in [5, 5.41) is 66.3. The molecule has 4 aromatic carbocycles. The maximum Gasteiger partial charge on any atom is 0.0653 e. The number of rotatable bonds is 4. The lowest BCUT2D eigenvalue weighted by molar-refractivity contribution is -0.0885. The van der Waals surface area contributed by atoms with Crippen molar-refractivity contribution in [2.75, 3.05) is 26.2 Å². The monoisotopic (exact) mass is 1090 g/mol. The van der Waals surface area contributed by atoms with E-state index in [2.05, 4.69) is 150 Å². The number of fused-ring (bicyclic) bond motifs is 24. The predicted octanol–water partition coefficient (Wildman–Crippen LogP) is 6.03. The summed E-state index contributed by atoms with van der Waals surface area (Å²) in [7, 11) is 0. The van der Waals surface area contributed by atoms with Crippen LogP contribution < -0.4 is 63.8 Å². The lowest BCUT2D eigenvalue weighted by atomic mass is 9.48. The first-order valence-corrected chi connectivity index (χ1v) is 33.1. The lowest BCUT2D eigenvalue weighted by Gasteiger charge is -2.61. The van der Waals surface area contributed by atoms with Crippen molar-refractivity contribution in [1.82, 2.24) is 63.8 Å². The third kappa shape index (κ3) is 8.70. The Morgan fingerprint density at radius 3 is 0.901 bits per heavy atom. The zero-order valence-electron chi connectivity index (χ0n) is 47.6. The fraction of sp³-hybridized carbons (Fsp3) is 0.647. The van der Waals surface area contributed by atoms with Crippen molar-refractivity contribution in [3.05, 3.63) is 142 Å². The summed E-state index contributed by atoms with van der Waals surface area (Å²) >= 11 is 0. The zero-order valence-corrected chi connectivity index (χ0v) is 47.6. The molecule has 9 heterocycles. The van der Waals surface area contributed by atoms with Gasteiger partial charge < -0.3 is 26.4 Å². The highest BCUT2D eigenvalue weighted by Crippen LogP contribution is 2.64. The third-order valence-corrected chi connectivity index (χ3v) is 24.7. The molecule has 8 bridgehead atoms. The Balaban J connectivity index is 0.897. The second-order valence-corrected chi connectivity index (χ2v) is 28.1. The molecule has 25 unspecified atom stereocenters. The van der Waals surface area contributed by atoms with Gasteiger partial charge in [-0.25, -0.2) is 0 Å². The molecule has 4 aromatic rings. The zero-order chi connectivity index (χ0) is 53.3. The largest absolute Gasteiger partial charge is 0.393 e. The Morgan fingerprint density at radius 1 is 0.272 bits per heavy atom. The SMILES string of the molecule is OC1CCCC2C3NC4NC(NC5NC(NC6NC(NC(N3)C12)C1C6C(C2NCCc3ccccc32)C(C2NCCc3ccccc32)C(C2NCCc3ccccc32)C1C1NCCc2ccccc21)C1CCCCC51)C1CCCCC41. The van der Waals surface area contributed by atoms with E-state index in [-0.39, 0.29) is 121 Å². The summed E-state index contributed by atoms with van der Waals surface area (Å²) in [5.74, 6) is 3.95. The van der Waals surface area contributed by atoms with Crippen LogP contribution in [0.5, 0.6) is 0 Å². The van der Waals surface area contributed by atoms with Crippen LogP contribution in [-0.4, -0.2) is 86.7 Å². The van der Waals surface area contributed by atoms with E-state index in [1.807, 2.05) is 0 Å². The van der Waals surface area contributed by atoms with Gasteiger partial charge in [-0.2, -0.15) is 0 Å². The van der Waals surface area contributed by atoms with Gasteiger partial charge in [-0.05, 0) is 200 Å². The fourth-order valence-electron chi connectivity index (χ4n) is 21.7. The highest BCUT2D eigenvalue weighted by molar-refractivity contribution is 5.41. The van der Waals surface area contributed by atoms with Crippen molar-refractivity contribution < 1.29 is 5.11 Å². The van der Waals surface area contributed by atoms with Crippen LogP contribution in [0.3, 0.4) is 0 Å². The molecule has 13 N–H and O–H groups in total. The van der Waals surface area contributed by atoms with Crippen LogP contribution in [0.25, 0.3) is 0 Å². The Morgan fingerprint density at radius 2 is 0.543 bits per heavy atom. The van der Waals surface area contributed by atoms with Crippen molar-refractivity contribution >= 4 is 0 Å². The van der Waals surface area contributed by atoms with Gasteiger partial charge in [-0.3, -0.25) is 42.5 Å². The van der Waals surface area contributed by atoms with Crippen molar-refractivity contribution in [2.24, 2.45) is 71.0 Å². The van der Waals surface area contributed by atoms with Crippen molar-refractivity contribution in [2.45, 2.75) is 176 Å². The Hall–Kier alpha value is -3.64. The molecule has 13 heteroatoms. The van der Waals surface area contributed by atoms with Crippen LogP contribution >= 0.6 is 0 Å². The fourth-order valence-corrected chi connectivity index (χ4v) is 21.7. The average Bonchev–Trinajstić information content (AvgIpc) is 3.45. The van der Waals surface area contributed by atoms with Crippen LogP contribution in [0.15, 0.2) is 97.1 Å². The number of hydrogen-bond donors (Lipinski definition) is 13. The summed E-state index contributed by atoms with van der Waals surface area (Å²) in [6, 6.07) is 38.9. The lowest BCUT2D eigenvalue weighted by Crippen LogP contribution is -2.64. The van der Waals surface area contributed by atoms with E-state index in [0.29, 0.717) is 29.6 Å². The van der Waals surface area contributed by atoms with Crippen molar-refractivity contribution in [3.63, 3.8) is 0 Å². The van der Waals surface area contributed by atoms with Gasteiger partial charge in [0.15, 0.2) is 0 Å². The van der Waals surface area contributed by atoms with Gasteiger partial charge in [0.05, 0.1) is 55.4 Å². The second kappa shape index (κ2) is 21.4. The number of hydrogen-bond acceptors (Lipinski definition) is 13. The summed E-state index contributed by atoms with van der Waals surface area (Å²) < 4.78 is 0. The van der Waals surface area contributed by atoms with Crippen LogP contribution in [0, 0.1) is 71.0 Å². The van der Waals surface area contributed by atoms with E-state index >= 15 is 0 Å². The molecule has 0 spiro atoms. The van der Waals surface area contributed by atoms with E-state index in [1.54, 1.807) is 0 Å². The molecule has 17 rings (SSSR count). The number of aliphatic hydroxyl groups is 1. The van der Waals surface area contributed by atoms with E-state index in [4.69, 9.17) is 10.6 Å². The third-order valence-electron chi connectivity index (χ3n) is 24.7. The first-order valence-electron chi connectivity index (χ1n) is 33.1. The molecule has 5 saturated heterocycles. The normalized spacial score (nSPS) is 45.9. The minimum Gasteiger partial charge on any atom is -0.393 e. The van der Waals surface area contributed by atoms with Crippen molar-refractivity contribution in [3.8, 4) is 0 Å². The molecule has 0 radical (unpaired) electrons. The van der Waals surface area contributed by atoms with Gasteiger partial charge in [0.2, 0.25) is 0 Å².